The first-order valence-electron chi connectivity index (χ1n) is 5.50. The summed E-state index contributed by atoms with van der Waals surface area (Å²) in [5, 5.41) is 10.2. The van der Waals surface area contributed by atoms with Crippen molar-refractivity contribution < 1.29 is 5.11 Å². The molecule has 0 heterocycles. The Balaban J connectivity index is 2.47. The first kappa shape index (κ1) is 12.5. The lowest BCUT2D eigenvalue weighted by molar-refractivity contribution is 0.116. The fourth-order valence-electron chi connectivity index (χ4n) is 2.28. The lowest BCUT2D eigenvalue weighted by Crippen LogP contribution is -2.41. The van der Waals surface area contributed by atoms with Crippen LogP contribution in [0.1, 0.15) is 32.6 Å². The van der Waals surface area contributed by atoms with Gasteiger partial charge in [0.2, 0.25) is 0 Å². The van der Waals surface area contributed by atoms with Crippen LogP contribution in [0.5, 0.6) is 0 Å². The minimum absolute atomic E-state index is 0.259. The zero-order chi connectivity index (χ0) is 10.6. The van der Waals surface area contributed by atoms with E-state index in [1.165, 1.54) is 25.7 Å². The molecule has 1 N–H and O–H groups in total. The smallest absolute Gasteiger partial charge is 0.0584 e. The molecule has 1 fully saturated rings. The fourth-order valence-corrected chi connectivity index (χ4v) is 3.02. The molecule has 0 radical (unpaired) electrons. The second-order valence-electron chi connectivity index (χ2n) is 4.79. The van der Waals surface area contributed by atoms with Gasteiger partial charge in [0.05, 0.1) is 6.61 Å². The topological polar surface area (TPSA) is 23.5 Å². The van der Waals surface area contributed by atoms with E-state index in [1.54, 1.807) is 0 Å². The summed E-state index contributed by atoms with van der Waals surface area (Å²) in [6.45, 7) is 3.45. The first-order valence-corrected chi connectivity index (χ1v) is 6.63. The van der Waals surface area contributed by atoms with Gasteiger partial charge in [0.15, 0.2) is 0 Å². The second-order valence-corrected chi connectivity index (χ2v) is 5.35. The van der Waals surface area contributed by atoms with E-state index >= 15 is 0 Å². The van der Waals surface area contributed by atoms with Crippen LogP contribution in [-0.2, 0) is 0 Å². The number of likely N-dealkylation sites (N-methyl/N-ethyl adjacent to an activating group) is 1. The number of halogens is 1. The Morgan fingerprint density at radius 3 is 2.43 bits per heavy atom. The molecular weight excluding hydrogens is 242 g/mol. The predicted octanol–water partition coefficient (Wildman–Crippen LogP) is 2.25. The molecule has 0 aliphatic heterocycles. The van der Waals surface area contributed by atoms with Gasteiger partial charge in [0.25, 0.3) is 0 Å². The third kappa shape index (κ3) is 2.94. The number of aliphatic hydroxyl groups excluding tert-OH is 1. The minimum atomic E-state index is 0.259. The standard InChI is InChI=1S/C11H22BrNO/c1-10(7-14)13(2)9-11(8-12)5-3-4-6-11/h10,14H,3-9H2,1-2H3. The van der Waals surface area contributed by atoms with Crippen LogP contribution in [0.2, 0.25) is 0 Å². The maximum atomic E-state index is 9.08. The van der Waals surface area contributed by atoms with Crippen LogP contribution >= 0.6 is 15.9 Å². The SMILES string of the molecule is CC(CO)N(C)CC1(CBr)CCCC1. The van der Waals surface area contributed by atoms with Crippen LogP contribution in [0, 0.1) is 5.41 Å². The highest BCUT2D eigenvalue weighted by molar-refractivity contribution is 9.09. The van der Waals surface area contributed by atoms with Crippen LogP contribution in [-0.4, -0.2) is 41.6 Å². The molecule has 0 aromatic carbocycles. The second kappa shape index (κ2) is 5.47. The normalized spacial score (nSPS) is 22.9. The number of hydrogen-bond donors (Lipinski definition) is 1. The summed E-state index contributed by atoms with van der Waals surface area (Å²) < 4.78 is 0. The van der Waals surface area contributed by atoms with E-state index in [4.69, 9.17) is 5.11 Å². The zero-order valence-corrected chi connectivity index (χ0v) is 10.9. The van der Waals surface area contributed by atoms with Gasteiger partial charge in [-0.05, 0) is 32.2 Å². The molecule has 1 atom stereocenters. The molecule has 1 unspecified atom stereocenters. The van der Waals surface area contributed by atoms with E-state index in [0.717, 1.165) is 11.9 Å². The Hall–Kier alpha value is 0.400. The van der Waals surface area contributed by atoms with Crippen molar-refractivity contribution in [3.8, 4) is 0 Å². The van der Waals surface area contributed by atoms with Gasteiger partial charge in [0.1, 0.15) is 0 Å². The summed E-state index contributed by atoms with van der Waals surface area (Å²) in [7, 11) is 2.11. The number of nitrogens with zero attached hydrogens (tertiary/aromatic N) is 1. The molecule has 2 nitrogen and oxygen atoms in total. The summed E-state index contributed by atoms with van der Waals surface area (Å²) in [4.78, 5) is 2.28. The molecule has 1 aliphatic rings. The Labute approximate surface area is 95.8 Å². The zero-order valence-electron chi connectivity index (χ0n) is 9.30. The van der Waals surface area contributed by atoms with E-state index in [0.29, 0.717) is 5.41 Å². The summed E-state index contributed by atoms with van der Waals surface area (Å²) in [6.07, 6.45) is 5.40. The van der Waals surface area contributed by atoms with Crippen LogP contribution in [0.25, 0.3) is 0 Å². The van der Waals surface area contributed by atoms with Gasteiger partial charge in [-0.3, -0.25) is 0 Å². The van der Waals surface area contributed by atoms with Gasteiger partial charge in [-0.15, -0.1) is 0 Å². The number of aliphatic hydroxyl groups is 1. The van der Waals surface area contributed by atoms with Gasteiger partial charge >= 0.3 is 0 Å². The minimum Gasteiger partial charge on any atom is -0.395 e. The Morgan fingerprint density at radius 1 is 1.43 bits per heavy atom. The summed E-state index contributed by atoms with van der Waals surface area (Å²) in [5.41, 5.74) is 0.470. The van der Waals surface area contributed by atoms with Crippen molar-refractivity contribution in [1.82, 2.24) is 4.90 Å². The number of hydrogen-bond acceptors (Lipinski definition) is 2. The van der Waals surface area contributed by atoms with Gasteiger partial charge in [-0.25, -0.2) is 0 Å². The van der Waals surface area contributed by atoms with E-state index in [2.05, 4.69) is 34.8 Å². The molecule has 3 heteroatoms. The lowest BCUT2D eigenvalue weighted by Gasteiger charge is -2.34. The molecule has 14 heavy (non-hydrogen) atoms. The molecule has 0 saturated heterocycles. The van der Waals surface area contributed by atoms with Crippen molar-refractivity contribution in [2.45, 2.75) is 38.6 Å². The summed E-state index contributed by atoms with van der Waals surface area (Å²) in [5.74, 6) is 0. The summed E-state index contributed by atoms with van der Waals surface area (Å²) in [6, 6.07) is 0.284. The first-order chi connectivity index (χ1) is 6.63. The maximum Gasteiger partial charge on any atom is 0.0584 e. The maximum absolute atomic E-state index is 9.08. The molecular formula is C11H22BrNO. The average molecular weight is 264 g/mol. The molecule has 1 rings (SSSR count). The van der Waals surface area contributed by atoms with Gasteiger partial charge in [0, 0.05) is 17.9 Å². The van der Waals surface area contributed by atoms with Crippen molar-refractivity contribution in [2.24, 2.45) is 5.41 Å². The van der Waals surface area contributed by atoms with E-state index < -0.39 is 0 Å². The van der Waals surface area contributed by atoms with Crippen molar-refractivity contribution in [1.29, 1.82) is 0 Å². The van der Waals surface area contributed by atoms with Gasteiger partial charge < -0.3 is 10.0 Å². The molecule has 0 aromatic heterocycles. The van der Waals surface area contributed by atoms with E-state index in [1.807, 2.05) is 0 Å². The number of rotatable bonds is 5. The van der Waals surface area contributed by atoms with Gasteiger partial charge in [-0.1, -0.05) is 28.8 Å². The number of alkyl halides is 1. The monoisotopic (exact) mass is 263 g/mol. The van der Waals surface area contributed by atoms with Gasteiger partial charge in [-0.2, -0.15) is 0 Å². The fraction of sp³-hybridized carbons (Fsp3) is 1.00. The third-order valence-corrected chi connectivity index (χ3v) is 4.74. The molecule has 1 saturated carbocycles. The Kier molecular flexibility index (Phi) is 4.88. The Morgan fingerprint density at radius 2 is 2.00 bits per heavy atom. The largest absolute Gasteiger partial charge is 0.395 e. The molecule has 0 aromatic rings. The molecule has 0 spiro atoms. The van der Waals surface area contributed by atoms with Crippen LogP contribution in [0.3, 0.4) is 0 Å². The highest BCUT2D eigenvalue weighted by Crippen LogP contribution is 2.40. The van der Waals surface area contributed by atoms with Crippen molar-refractivity contribution >= 4 is 15.9 Å². The lowest BCUT2D eigenvalue weighted by atomic mass is 9.88. The van der Waals surface area contributed by atoms with Crippen molar-refractivity contribution in [3.63, 3.8) is 0 Å². The van der Waals surface area contributed by atoms with Crippen LogP contribution in [0.4, 0.5) is 0 Å². The average Bonchev–Trinajstić information content (AvgIpc) is 2.65. The molecule has 84 valence electrons. The Bertz CT molecular complexity index is 169. The molecule has 1 aliphatic carbocycles. The van der Waals surface area contributed by atoms with Crippen LogP contribution < -0.4 is 0 Å². The van der Waals surface area contributed by atoms with E-state index in [9.17, 15) is 0 Å². The molecule has 0 bridgehead atoms. The quantitative estimate of drug-likeness (QED) is 0.770. The van der Waals surface area contributed by atoms with Crippen LogP contribution in [0.15, 0.2) is 0 Å². The van der Waals surface area contributed by atoms with E-state index in [-0.39, 0.29) is 12.6 Å². The highest BCUT2D eigenvalue weighted by Gasteiger charge is 2.34. The third-order valence-electron chi connectivity index (χ3n) is 3.55. The van der Waals surface area contributed by atoms with Crippen molar-refractivity contribution in [2.75, 3.05) is 25.5 Å². The molecule has 0 amide bonds. The predicted molar refractivity (Wildman–Crippen MR) is 63.9 cm³/mol. The van der Waals surface area contributed by atoms with Crippen molar-refractivity contribution in [3.05, 3.63) is 0 Å². The summed E-state index contributed by atoms with van der Waals surface area (Å²) >= 11 is 3.64. The highest BCUT2D eigenvalue weighted by atomic mass is 79.9.